The van der Waals surface area contributed by atoms with Crippen LogP contribution in [0.2, 0.25) is 0 Å². The molecule has 0 saturated heterocycles. The Morgan fingerprint density at radius 1 is 0.824 bits per heavy atom. The van der Waals surface area contributed by atoms with Crippen LogP contribution in [0.3, 0.4) is 0 Å². The van der Waals surface area contributed by atoms with E-state index >= 15 is 0 Å². The maximum Gasteiger partial charge on any atom is 0.0722 e. The van der Waals surface area contributed by atoms with Crippen LogP contribution in [0.25, 0.3) is 10.9 Å². The van der Waals surface area contributed by atoms with Crippen molar-refractivity contribution in [3.63, 3.8) is 0 Å². The summed E-state index contributed by atoms with van der Waals surface area (Å²) >= 11 is 0. The Morgan fingerprint density at radius 2 is 1.59 bits per heavy atom. The molecule has 0 fully saturated rings. The summed E-state index contributed by atoms with van der Waals surface area (Å²) in [5.41, 5.74) is 7.46. The van der Waals surface area contributed by atoms with Gasteiger partial charge in [-0.05, 0) is 23.4 Å². The summed E-state index contributed by atoms with van der Waals surface area (Å²) < 4.78 is 0. The third-order valence-electron chi connectivity index (χ3n) is 2.09. The summed E-state index contributed by atoms with van der Waals surface area (Å²) in [5, 5.41) is 11.2. The number of benzene rings is 1. The first-order chi connectivity index (χ1) is 8.38. The predicted octanol–water partition coefficient (Wildman–Crippen LogP) is 1.69. The normalized spacial score (nSPS) is 9.41. The fraction of sp³-hybridized carbons (Fsp3) is 0. The number of pyridine rings is 1. The number of hydrogen-bond donors (Lipinski definition) is 1. The number of anilines is 1. The molecule has 0 aliphatic rings. The van der Waals surface area contributed by atoms with E-state index in [1.807, 2.05) is 30.3 Å². The quantitative estimate of drug-likeness (QED) is 0.630. The zero-order valence-electron chi connectivity index (χ0n) is 9.06. The lowest BCUT2D eigenvalue weighted by molar-refractivity contribution is 0.865. The van der Waals surface area contributed by atoms with Crippen LogP contribution < -0.4 is 5.73 Å². The van der Waals surface area contributed by atoms with Gasteiger partial charge in [-0.15, -0.1) is 10.2 Å². The number of hydrogen-bond acceptors (Lipinski definition) is 5. The molecule has 0 atom stereocenters. The van der Waals surface area contributed by atoms with Gasteiger partial charge in [-0.2, -0.15) is 0 Å². The molecule has 0 amide bonds. The molecule has 5 heteroatoms. The molecule has 0 radical (unpaired) electrons. The van der Waals surface area contributed by atoms with Gasteiger partial charge in [0, 0.05) is 17.3 Å². The van der Waals surface area contributed by atoms with Gasteiger partial charge in [0.15, 0.2) is 0 Å². The van der Waals surface area contributed by atoms with Crippen molar-refractivity contribution in [1.29, 1.82) is 0 Å². The van der Waals surface area contributed by atoms with Crippen LogP contribution in [0.15, 0.2) is 55.0 Å². The molecule has 3 rings (SSSR count). The Hall–Kier alpha value is -2.56. The lowest BCUT2D eigenvalue weighted by Gasteiger charge is -1.97. The first-order valence-corrected chi connectivity index (χ1v) is 5.05. The average molecular weight is 225 g/mol. The van der Waals surface area contributed by atoms with Gasteiger partial charge in [-0.1, -0.05) is 18.2 Å². The lowest BCUT2D eigenvalue weighted by Crippen LogP contribution is -1.87. The molecular formula is C12H11N5. The molecular weight excluding hydrogens is 214 g/mol. The van der Waals surface area contributed by atoms with Crippen molar-refractivity contribution in [2.45, 2.75) is 0 Å². The largest absolute Gasteiger partial charge is 0.398 e. The van der Waals surface area contributed by atoms with E-state index in [1.165, 1.54) is 0 Å². The fourth-order valence-corrected chi connectivity index (χ4v) is 1.32. The number of rotatable bonds is 0. The van der Waals surface area contributed by atoms with E-state index in [2.05, 4.69) is 20.4 Å². The highest BCUT2D eigenvalue weighted by molar-refractivity contribution is 5.89. The topological polar surface area (TPSA) is 77.6 Å². The number of para-hydroxylation sites is 1. The van der Waals surface area contributed by atoms with Gasteiger partial charge in [-0.25, -0.2) is 0 Å². The lowest BCUT2D eigenvalue weighted by atomic mass is 10.2. The zero-order valence-corrected chi connectivity index (χ0v) is 9.06. The number of nitrogens with two attached hydrogens (primary N) is 1. The standard InChI is InChI=1S/C9H8N2.C3H3N3/c10-8-5-6-11-9-4-2-1-3-7(8)9;1-2-4-6-5-3-1/h1-6H,(H2,10,11);1-3H. The maximum absolute atomic E-state index is 5.72. The van der Waals surface area contributed by atoms with Crippen molar-refractivity contribution in [3.05, 3.63) is 55.0 Å². The Bertz CT molecular complexity index is 550. The molecule has 2 N–H and O–H groups in total. The molecule has 3 aromatic rings. The van der Waals surface area contributed by atoms with Crippen molar-refractivity contribution in [3.8, 4) is 0 Å². The van der Waals surface area contributed by atoms with Gasteiger partial charge in [0.2, 0.25) is 0 Å². The van der Waals surface area contributed by atoms with E-state index in [4.69, 9.17) is 5.73 Å². The van der Waals surface area contributed by atoms with E-state index in [0.717, 1.165) is 16.6 Å². The van der Waals surface area contributed by atoms with Crippen molar-refractivity contribution in [1.82, 2.24) is 20.4 Å². The van der Waals surface area contributed by atoms with Crippen LogP contribution in [0.4, 0.5) is 5.69 Å². The van der Waals surface area contributed by atoms with Gasteiger partial charge in [-0.3, -0.25) is 4.98 Å². The van der Waals surface area contributed by atoms with E-state index < -0.39 is 0 Å². The minimum absolute atomic E-state index is 0.788. The smallest absolute Gasteiger partial charge is 0.0722 e. The number of nitrogens with zero attached hydrogens (tertiary/aromatic N) is 4. The molecule has 0 bridgehead atoms. The first kappa shape index (κ1) is 10.9. The van der Waals surface area contributed by atoms with E-state index in [-0.39, 0.29) is 0 Å². The fourth-order valence-electron chi connectivity index (χ4n) is 1.32. The van der Waals surface area contributed by atoms with Crippen molar-refractivity contribution < 1.29 is 0 Å². The summed E-state index contributed by atoms with van der Waals surface area (Å²) in [6.45, 7) is 0. The Morgan fingerprint density at radius 3 is 2.18 bits per heavy atom. The van der Waals surface area contributed by atoms with Crippen molar-refractivity contribution in [2.24, 2.45) is 0 Å². The molecule has 2 aromatic heterocycles. The highest BCUT2D eigenvalue weighted by Gasteiger charge is 1.94. The second-order valence-corrected chi connectivity index (χ2v) is 3.23. The highest BCUT2D eigenvalue weighted by Crippen LogP contribution is 2.16. The Kier molecular flexibility index (Phi) is 3.54. The summed E-state index contributed by atoms with van der Waals surface area (Å²) in [7, 11) is 0. The van der Waals surface area contributed by atoms with Crippen LogP contribution >= 0.6 is 0 Å². The summed E-state index contributed by atoms with van der Waals surface area (Å²) in [4.78, 5) is 4.16. The third kappa shape index (κ3) is 2.94. The van der Waals surface area contributed by atoms with Crippen LogP contribution in [-0.2, 0) is 0 Å². The van der Waals surface area contributed by atoms with Crippen molar-refractivity contribution >= 4 is 16.6 Å². The second-order valence-electron chi connectivity index (χ2n) is 3.23. The maximum atomic E-state index is 5.72. The van der Waals surface area contributed by atoms with Gasteiger partial charge >= 0.3 is 0 Å². The molecule has 0 unspecified atom stereocenters. The molecule has 1 aromatic carbocycles. The van der Waals surface area contributed by atoms with Crippen LogP contribution in [0.1, 0.15) is 0 Å². The molecule has 17 heavy (non-hydrogen) atoms. The van der Waals surface area contributed by atoms with Crippen LogP contribution in [-0.4, -0.2) is 20.4 Å². The van der Waals surface area contributed by atoms with Crippen LogP contribution in [0.5, 0.6) is 0 Å². The van der Waals surface area contributed by atoms with Crippen molar-refractivity contribution in [2.75, 3.05) is 5.73 Å². The number of nitrogen functional groups attached to an aromatic ring is 1. The number of aromatic nitrogens is 4. The minimum atomic E-state index is 0.788. The number of fused-ring (bicyclic) bond motifs is 1. The van der Waals surface area contributed by atoms with Gasteiger partial charge < -0.3 is 5.73 Å². The third-order valence-corrected chi connectivity index (χ3v) is 2.09. The SMILES string of the molecule is Nc1ccnc2ccccc12.c1cnnnc1. The highest BCUT2D eigenvalue weighted by atomic mass is 15.3. The Balaban J connectivity index is 0.000000153. The predicted molar refractivity (Wildman–Crippen MR) is 66.0 cm³/mol. The Labute approximate surface area is 98.3 Å². The van der Waals surface area contributed by atoms with Gasteiger partial charge in [0.25, 0.3) is 0 Å². The summed E-state index contributed by atoms with van der Waals surface area (Å²) in [5.74, 6) is 0. The minimum Gasteiger partial charge on any atom is -0.398 e. The second kappa shape index (κ2) is 5.50. The molecule has 0 aliphatic carbocycles. The molecule has 84 valence electrons. The molecule has 0 spiro atoms. The monoisotopic (exact) mass is 225 g/mol. The zero-order chi connectivity index (χ0) is 11.9. The molecule has 0 aliphatic heterocycles. The average Bonchev–Trinajstić information content (AvgIpc) is 2.42. The molecule has 2 heterocycles. The van der Waals surface area contributed by atoms with Gasteiger partial charge in [0.05, 0.1) is 17.9 Å². The summed E-state index contributed by atoms with van der Waals surface area (Å²) in [6.07, 6.45) is 4.87. The van der Waals surface area contributed by atoms with E-state index in [0.29, 0.717) is 0 Å². The van der Waals surface area contributed by atoms with Gasteiger partial charge in [0.1, 0.15) is 0 Å². The molecule has 0 saturated carbocycles. The first-order valence-electron chi connectivity index (χ1n) is 5.05. The van der Waals surface area contributed by atoms with Crippen LogP contribution in [0, 0.1) is 0 Å². The summed E-state index contributed by atoms with van der Waals surface area (Å²) in [6, 6.07) is 11.4. The van der Waals surface area contributed by atoms with E-state index in [1.54, 1.807) is 24.7 Å². The molecule has 5 nitrogen and oxygen atoms in total. The van der Waals surface area contributed by atoms with E-state index in [9.17, 15) is 0 Å².